The molecule has 2 atom stereocenters. The molecule has 0 amide bonds. The van der Waals surface area contributed by atoms with Crippen molar-refractivity contribution in [3.8, 4) is 0 Å². The van der Waals surface area contributed by atoms with Crippen LogP contribution in [0.3, 0.4) is 0 Å². The predicted octanol–water partition coefficient (Wildman–Crippen LogP) is 5.33. The highest BCUT2D eigenvalue weighted by Crippen LogP contribution is 2.38. The molecule has 1 fully saturated rings. The van der Waals surface area contributed by atoms with Gasteiger partial charge >= 0.3 is 0 Å². The lowest BCUT2D eigenvalue weighted by molar-refractivity contribution is 0.225. The first-order chi connectivity index (χ1) is 10.2. The normalized spacial score (nSPS) is 22.4. The van der Waals surface area contributed by atoms with Gasteiger partial charge in [-0.1, -0.05) is 34.9 Å². The lowest BCUT2D eigenvalue weighted by Crippen LogP contribution is -2.03. The van der Waals surface area contributed by atoms with Gasteiger partial charge in [-0.3, -0.25) is 0 Å². The predicted molar refractivity (Wildman–Crippen MR) is 95.0 cm³/mol. The van der Waals surface area contributed by atoms with E-state index in [1.54, 1.807) is 0 Å². The molecule has 0 aromatic heterocycles. The molecule has 0 spiro atoms. The smallest absolute Gasteiger partial charge is 0.0892 e. The second-order valence-electron chi connectivity index (χ2n) is 7.44. The summed E-state index contributed by atoms with van der Waals surface area (Å²) in [5, 5.41) is 10.1. The van der Waals surface area contributed by atoms with Gasteiger partial charge in [-0.2, -0.15) is 0 Å². The zero-order valence-corrected chi connectivity index (χ0v) is 15.3. The fourth-order valence-corrected chi connectivity index (χ4v) is 2.59. The number of epoxide rings is 1. The van der Waals surface area contributed by atoms with E-state index in [-0.39, 0.29) is 11.7 Å². The number of hydrogen-bond acceptors (Lipinski definition) is 2. The third-order valence-corrected chi connectivity index (χ3v) is 4.24. The van der Waals surface area contributed by atoms with Crippen molar-refractivity contribution in [2.75, 3.05) is 0 Å². The molecule has 1 saturated heterocycles. The number of hydrogen-bond donors (Lipinski definition) is 1. The molecule has 1 aliphatic rings. The van der Waals surface area contributed by atoms with Crippen molar-refractivity contribution in [3.05, 3.63) is 34.9 Å². The number of rotatable bonds is 9. The van der Waals surface area contributed by atoms with Gasteiger partial charge in [0.2, 0.25) is 0 Å². The van der Waals surface area contributed by atoms with Gasteiger partial charge in [0.25, 0.3) is 0 Å². The molecule has 22 heavy (non-hydrogen) atoms. The van der Waals surface area contributed by atoms with Crippen molar-refractivity contribution in [3.63, 3.8) is 0 Å². The van der Waals surface area contributed by atoms with Crippen LogP contribution in [0.5, 0.6) is 0 Å². The van der Waals surface area contributed by atoms with E-state index in [9.17, 15) is 5.11 Å². The van der Waals surface area contributed by atoms with Gasteiger partial charge in [-0.15, -0.1) is 0 Å². The van der Waals surface area contributed by atoms with Crippen LogP contribution in [-0.2, 0) is 4.74 Å². The van der Waals surface area contributed by atoms with Crippen LogP contribution in [-0.4, -0.2) is 22.9 Å². The first kappa shape index (κ1) is 19.2. The van der Waals surface area contributed by atoms with Crippen LogP contribution >= 0.6 is 0 Å². The average Bonchev–Trinajstić information content (AvgIpc) is 3.01. The summed E-state index contributed by atoms with van der Waals surface area (Å²) in [5.74, 6) is 0. The maximum atomic E-state index is 10.1. The Labute approximate surface area is 137 Å². The summed E-state index contributed by atoms with van der Waals surface area (Å²) >= 11 is 0. The summed E-state index contributed by atoms with van der Waals surface area (Å²) in [5.41, 5.74) is 4.06. The van der Waals surface area contributed by atoms with E-state index in [4.69, 9.17) is 4.74 Å². The van der Waals surface area contributed by atoms with Crippen LogP contribution in [0.4, 0.5) is 0 Å². The Morgan fingerprint density at radius 3 is 2.27 bits per heavy atom. The van der Waals surface area contributed by atoms with Crippen molar-refractivity contribution in [2.45, 2.75) is 91.5 Å². The van der Waals surface area contributed by atoms with Gasteiger partial charge in [0.05, 0.1) is 17.8 Å². The van der Waals surface area contributed by atoms with Gasteiger partial charge in [0.1, 0.15) is 0 Å². The number of ether oxygens (including phenoxy) is 1. The minimum Gasteiger partial charge on any atom is -0.389 e. The topological polar surface area (TPSA) is 32.8 Å². The Morgan fingerprint density at radius 1 is 1.09 bits per heavy atom. The molecule has 1 aliphatic heterocycles. The van der Waals surface area contributed by atoms with Crippen LogP contribution in [0.25, 0.3) is 0 Å². The molecule has 0 saturated carbocycles. The summed E-state index contributed by atoms with van der Waals surface area (Å²) in [6.07, 6.45) is 11.4. The Hall–Kier alpha value is -0.860. The van der Waals surface area contributed by atoms with Crippen LogP contribution in [0, 0.1) is 0 Å². The van der Waals surface area contributed by atoms with E-state index in [0.717, 1.165) is 25.7 Å². The van der Waals surface area contributed by atoms with Crippen molar-refractivity contribution in [2.24, 2.45) is 0 Å². The SMILES string of the molecule is CC(C)=CCC/C(C)=C/C(O)C/C=C(\C)CCC1OC1(C)C. The van der Waals surface area contributed by atoms with Gasteiger partial charge in [0, 0.05) is 0 Å². The minimum absolute atomic E-state index is 0.0882. The molecule has 1 rings (SSSR count). The lowest BCUT2D eigenvalue weighted by atomic mass is 10.0. The summed E-state index contributed by atoms with van der Waals surface area (Å²) in [4.78, 5) is 0. The number of allylic oxidation sites excluding steroid dienone is 4. The molecular formula is C20H34O2. The summed E-state index contributed by atoms with van der Waals surface area (Å²) < 4.78 is 5.60. The maximum Gasteiger partial charge on any atom is 0.0892 e. The maximum absolute atomic E-state index is 10.1. The fraction of sp³-hybridized carbons (Fsp3) is 0.700. The van der Waals surface area contributed by atoms with Crippen LogP contribution in [0.2, 0.25) is 0 Å². The Morgan fingerprint density at radius 2 is 1.73 bits per heavy atom. The molecule has 2 heteroatoms. The molecule has 2 unspecified atom stereocenters. The van der Waals surface area contributed by atoms with Gasteiger partial charge in [0.15, 0.2) is 0 Å². The van der Waals surface area contributed by atoms with Crippen molar-refractivity contribution in [1.82, 2.24) is 0 Å². The largest absolute Gasteiger partial charge is 0.389 e. The molecule has 126 valence electrons. The van der Waals surface area contributed by atoms with E-state index >= 15 is 0 Å². The lowest BCUT2D eigenvalue weighted by Gasteiger charge is -2.06. The van der Waals surface area contributed by atoms with E-state index in [2.05, 4.69) is 53.7 Å². The Kier molecular flexibility index (Phi) is 7.58. The van der Waals surface area contributed by atoms with Gasteiger partial charge < -0.3 is 9.84 Å². The van der Waals surface area contributed by atoms with Crippen LogP contribution in [0.1, 0.15) is 73.6 Å². The monoisotopic (exact) mass is 306 g/mol. The van der Waals surface area contributed by atoms with E-state index in [1.807, 2.05) is 6.08 Å². The first-order valence-electron chi connectivity index (χ1n) is 8.53. The number of aliphatic hydroxyl groups excluding tert-OH is 1. The third-order valence-electron chi connectivity index (χ3n) is 4.24. The van der Waals surface area contributed by atoms with Crippen molar-refractivity contribution < 1.29 is 9.84 Å². The molecular weight excluding hydrogens is 272 g/mol. The molecule has 0 bridgehead atoms. The Bertz CT molecular complexity index is 437. The number of aliphatic hydroxyl groups is 1. The van der Waals surface area contributed by atoms with E-state index in [1.165, 1.54) is 16.7 Å². The standard InChI is InChI=1S/C20H34O2/c1-15(2)8-7-9-17(4)14-18(21)12-10-16(3)11-13-19-20(5,6)22-19/h8,10,14,18-19,21H,7,9,11-13H2,1-6H3/b16-10+,17-14+. The molecule has 1 heterocycles. The van der Waals surface area contributed by atoms with Gasteiger partial charge in [-0.05, 0) is 73.6 Å². The third kappa shape index (κ3) is 7.95. The van der Waals surface area contributed by atoms with E-state index < -0.39 is 0 Å². The van der Waals surface area contributed by atoms with Crippen LogP contribution < -0.4 is 0 Å². The van der Waals surface area contributed by atoms with E-state index in [0.29, 0.717) is 12.5 Å². The molecule has 1 N–H and O–H groups in total. The molecule has 0 aromatic carbocycles. The highest BCUT2D eigenvalue weighted by molar-refractivity contribution is 5.08. The Balaban J connectivity index is 2.26. The second-order valence-corrected chi connectivity index (χ2v) is 7.44. The minimum atomic E-state index is -0.365. The summed E-state index contributed by atoms with van der Waals surface area (Å²) in [7, 11) is 0. The van der Waals surface area contributed by atoms with Crippen LogP contribution in [0.15, 0.2) is 34.9 Å². The zero-order valence-electron chi connectivity index (χ0n) is 15.3. The highest BCUT2D eigenvalue weighted by atomic mass is 16.6. The summed E-state index contributed by atoms with van der Waals surface area (Å²) in [6.45, 7) is 12.8. The fourth-order valence-electron chi connectivity index (χ4n) is 2.59. The quantitative estimate of drug-likeness (QED) is 0.461. The zero-order chi connectivity index (χ0) is 16.8. The molecule has 2 nitrogen and oxygen atoms in total. The average molecular weight is 306 g/mol. The highest BCUT2D eigenvalue weighted by Gasteiger charge is 2.46. The molecule has 0 aromatic rings. The van der Waals surface area contributed by atoms with Crippen molar-refractivity contribution >= 4 is 0 Å². The summed E-state index contributed by atoms with van der Waals surface area (Å²) in [6, 6.07) is 0. The first-order valence-corrected chi connectivity index (χ1v) is 8.53. The second kappa shape index (κ2) is 8.69. The molecule has 0 radical (unpaired) electrons. The molecule has 0 aliphatic carbocycles. The van der Waals surface area contributed by atoms with Gasteiger partial charge in [-0.25, -0.2) is 0 Å². The van der Waals surface area contributed by atoms with Crippen molar-refractivity contribution in [1.29, 1.82) is 0 Å².